The Balaban J connectivity index is 2.25. The number of hydrogen-bond donors (Lipinski definition) is 0. The number of hydrogen-bond acceptors (Lipinski definition) is 4. The fraction of sp³-hybridized carbons (Fsp3) is 0.429. The van der Waals surface area contributed by atoms with Crippen molar-refractivity contribution in [2.24, 2.45) is 5.92 Å². The van der Waals surface area contributed by atoms with Crippen molar-refractivity contribution in [2.45, 2.75) is 6.42 Å². The summed E-state index contributed by atoms with van der Waals surface area (Å²) in [5, 5.41) is 1.64. The molecular weight excluding hydrogens is 296 g/mol. The van der Waals surface area contributed by atoms with Gasteiger partial charge < -0.3 is 9.64 Å². The molecule has 1 atom stereocenters. The molecule has 7 heteroatoms. The molecule has 1 fully saturated rings. The summed E-state index contributed by atoms with van der Waals surface area (Å²) in [6.07, 6.45) is 0.141. The van der Waals surface area contributed by atoms with Gasteiger partial charge in [0.05, 0.1) is 25.8 Å². The van der Waals surface area contributed by atoms with Crippen LogP contribution in [-0.2, 0) is 14.4 Å². The summed E-state index contributed by atoms with van der Waals surface area (Å²) < 4.78 is 5.25. The average Bonchev–Trinajstić information content (AvgIpc) is 2.87. The smallest absolute Gasteiger partial charge is 0.251 e. The Morgan fingerprint density at radius 3 is 2.76 bits per heavy atom. The molecule has 1 aliphatic heterocycles. The second kappa shape index (κ2) is 6.32. The molecule has 1 heterocycles. The summed E-state index contributed by atoms with van der Waals surface area (Å²) in [5.41, 5.74) is 0.574. The van der Waals surface area contributed by atoms with Crippen molar-refractivity contribution < 1.29 is 19.2 Å². The Hall–Kier alpha value is -1.79. The van der Waals surface area contributed by atoms with Crippen LogP contribution in [0.2, 0.25) is 5.02 Å². The van der Waals surface area contributed by atoms with E-state index in [-0.39, 0.29) is 24.8 Å². The van der Waals surface area contributed by atoms with Crippen LogP contribution in [0.5, 0.6) is 5.75 Å². The fourth-order valence-electron chi connectivity index (χ4n) is 2.33. The molecule has 1 aromatic rings. The number of rotatable bonds is 4. The lowest BCUT2D eigenvalue weighted by Crippen LogP contribution is -2.34. The first-order valence-corrected chi connectivity index (χ1v) is 6.81. The van der Waals surface area contributed by atoms with E-state index in [2.05, 4.69) is 0 Å². The van der Waals surface area contributed by atoms with E-state index in [0.29, 0.717) is 16.5 Å². The van der Waals surface area contributed by atoms with Crippen molar-refractivity contribution in [3.8, 4) is 5.75 Å². The summed E-state index contributed by atoms with van der Waals surface area (Å²) in [7, 11) is 4.45. The van der Waals surface area contributed by atoms with Gasteiger partial charge in [-0.15, -0.1) is 0 Å². The third kappa shape index (κ3) is 3.11. The first-order valence-electron chi connectivity index (χ1n) is 6.43. The Morgan fingerprint density at radius 2 is 2.14 bits per heavy atom. The molecule has 2 amide bonds. The Kier molecular flexibility index (Phi) is 4.69. The van der Waals surface area contributed by atoms with E-state index >= 15 is 0 Å². The number of amides is 2. The van der Waals surface area contributed by atoms with Crippen molar-refractivity contribution >= 4 is 29.1 Å². The molecule has 0 saturated carbocycles. The molecule has 0 aromatic heterocycles. The fourth-order valence-corrected chi connectivity index (χ4v) is 2.49. The predicted octanol–water partition coefficient (Wildman–Crippen LogP) is 1.72. The molecule has 1 aromatic carbocycles. The van der Waals surface area contributed by atoms with Gasteiger partial charge in [0.1, 0.15) is 5.75 Å². The van der Waals surface area contributed by atoms with Gasteiger partial charge in [-0.1, -0.05) is 11.6 Å². The van der Waals surface area contributed by atoms with Gasteiger partial charge in [0.25, 0.3) is 5.91 Å². The van der Waals surface area contributed by atoms with Gasteiger partial charge in [0.2, 0.25) is 5.91 Å². The average molecular weight is 313 g/mol. The molecule has 1 aliphatic rings. The summed E-state index contributed by atoms with van der Waals surface area (Å²) in [4.78, 5) is 30.7. The van der Waals surface area contributed by atoms with E-state index in [0.717, 1.165) is 5.06 Å². The molecule has 21 heavy (non-hydrogen) atoms. The number of carbonyl (C=O) groups is 2. The van der Waals surface area contributed by atoms with Crippen molar-refractivity contribution in [3.63, 3.8) is 0 Å². The van der Waals surface area contributed by atoms with E-state index in [1.807, 2.05) is 0 Å². The zero-order valence-electron chi connectivity index (χ0n) is 12.1. The van der Waals surface area contributed by atoms with E-state index in [4.69, 9.17) is 21.2 Å². The zero-order valence-corrected chi connectivity index (χ0v) is 12.9. The second-order valence-corrected chi connectivity index (χ2v) is 5.18. The largest absolute Gasteiger partial charge is 0.495 e. The molecule has 6 nitrogen and oxygen atoms in total. The third-order valence-electron chi connectivity index (χ3n) is 3.49. The van der Waals surface area contributed by atoms with Crippen LogP contribution in [0.1, 0.15) is 6.42 Å². The van der Waals surface area contributed by atoms with Crippen LogP contribution in [0.15, 0.2) is 18.2 Å². The molecule has 1 unspecified atom stereocenters. The number of ether oxygens (including phenoxy) is 1. The lowest BCUT2D eigenvalue weighted by Gasteiger charge is -2.21. The van der Waals surface area contributed by atoms with Crippen molar-refractivity contribution in [2.75, 3.05) is 32.7 Å². The molecule has 0 spiro atoms. The quantitative estimate of drug-likeness (QED) is 0.794. The van der Waals surface area contributed by atoms with Gasteiger partial charge in [-0.05, 0) is 18.2 Å². The minimum absolute atomic E-state index is 0.140. The van der Waals surface area contributed by atoms with Gasteiger partial charge >= 0.3 is 0 Å². The Labute approximate surface area is 128 Å². The van der Waals surface area contributed by atoms with Gasteiger partial charge in [-0.3, -0.25) is 14.4 Å². The van der Waals surface area contributed by atoms with Crippen molar-refractivity contribution in [3.05, 3.63) is 23.2 Å². The number of halogens is 1. The number of benzene rings is 1. The SMILES string of the molecule is COc1ccc(Cl)cc1N1CC(C(=O)N(C)OC)CC1=O. The van der Waals surface area contributed by atoms with Crippen LogP contribution < -0.4 is 9.64 Å². The lowest BCUT2D eigenvalue weighted by atomic mass is 10.1. The minimum Gasteiger partial charge on any atom is -0.495 e. The van der Waals surface area contributed by atoms with Crippen LogP contribution in [0.25, 0.3) is 0 Å². The highest BCUT2D eigenvalue weighted by atomic mass is 35.5. The van der Waals surface area contributed by atoms with Crippen LogP contribution in [-0.4, -0.2) is 44.7 Å². The number of nitrogens with zero attached hydrogens (tertiary/aromatic N) is 2. The van der Waals surface area contributed by atoms with Crippen LogP contribution in [0, 0.1) is 5.92 Å². The monoisotopic (exact) mass is 312 g/mol. The second-order valence-electron chi connectivity index (χ2n) is 4.74. The maximum Gasteiger partial charge on any atom is 0.251 e. The van der Waals surface area contributed by atoms with Gasteiger partial charge in [-0.25, -0.2) is 5.06 Å². The number of anilines is 1. The van der Waals surface area contributed by atoms with E-state index < -0.39 is 5.92 Å². The maximum absolute atomic E-state index is 12.2. The molecule has 0 N–H and O–H groups in total. The molecule has 114 valence electrons. The normalized spacial score (nSPS) is 18.0. The highest BCUT2D eigenvalue weighted by molar-refractivity contribution is 6.31. The molecule has 0 bridgehead atoms. The van der Waals surface area contributed by atoms with Crippen LogP contribution in [0.3, 0.4) is 0 Å². The topological polar surface area (TPSA) is 59.1 Å². The molecule has 2 rings (SSSR count). The third-order valence-corrected chi connectivity index (χ3v) is 3.73. The molecule has 0 aliphatic carbocycles. The molecule has 1 saturated heterocycles. The van der Waals surface area contributed by atoms with E-state index in [1.54, 1.807) is 18.2 Å². The highest BCUT2D eigenvalue weighted by Gasteiger charge is 2.37. The highest BCUT2D eigenvalue weighted by Crippen LogP contribution is 2.35. The zero-order chi connectivity index (χ0) is 15.6. The van der Waals surface area contributed by atoms with Gasteiger partial charge in [-0.2, -0.15) is 0 Å². The minimum atomic E-state index is -0.439. The van der Waals surface area contributed by atoms with Gasteiger partial charge in [0.15, 0.2) is 0 Å². The van der Waals surface area contributed by atoms with Crippen LogP contribution >= 0.6 is 11.6 Å². The summed E-state index contributed by atoms with van der Waals surface area (Å²) in [6, 6.07) is 5.04. The molecular formula is C14H17ClN2O4. The summed E-state index contributed by atoms with van der Waals surface area (Å²) in [5.74, 6) is -0.264. The standard InChI is InChI=1S/C14H17ClN2O4/c1-16(21-3)14(19)9-6-13(18)17(8-9)11-7-10(15)4-5-12(11)20-2/h4-5,7,9H,6,8H2,1-3H3. The first-order chi connectivity index (χ1) is 9.97. The summed E-state index contributed by atoms with van der Waals surface area (Å²) >= 11 is 5.98. The van der Waals surface area contributed by atoms with Crippen molar-refractivity contribution in [1.29, 1.82) is 0 Å². The Morgan fingerprint density at radius 1 is 1.43 bits per heavy atom. The maximum atomic E-state index is 12.2. The number of hydroxylamine groups is 2. The van der Waals surface area contributed by atoms with Gasteiger partial charge in [0, 0.05) is 25.0 Å². The number of carbonyl (C=O) groups excluding carboxylic acids is 2. The van der Waals surface area contributed by atoms with Crippen LogP contribution in [0.4, 0.5) is 5.69 Å². The number of methoxy groups -OCH3 is 1. The predicted molar refractivity (Wildman–Crippen MR) is 78.2 cm³/mol. The Bertz CT molecular complexity index is 564. The van der Waals surface area contributed by atoms with E-state index in [9.17, 15) is 9.59 Å². The lowest BCUT2D eigenvalue weighted by molar-refractivity contribution is -0.172. The molecule has 0 radical (unpaired) electrons. The van der Waals surface area contributed by atoms with E-state index in [1.165, 1.54) is 26.2 Å². The van der Waals surface area contributed by atoms with Crippen molar-refractivity contribution in [1.82, 2.24) is 5.06 Å². The first kappa shape index (κ1) is 15.6. The summed E-state index contributed by atoms with van der Waals surface area (Å²) in [6.45, 7) is 0.280.